The third kappa shape index (κ3) is 5.93. The van der Waals surface area contributed by atoms with E-state index in [0.29, 0.717) is 41.3 Å². The molecule has 2 amide bonds. The third-order valence-corrected chi connectivity index (χ3v) is 6.52. The molecule has 3 aromatic heterocycles. The van der Waals surface area contributed by atoms with Crippen LogP contribution in [0.3, 0.4) is 0 Å². The standard InChI is InChI=1S/C26H29N5O6/c1-14-20(29-24(32)18-8-4-5-9-19(18)25(33)34)10-11-21(28-14)23-22(15(2)31-37-23)30-26(35)36-16(3)17-7-6-12-27-13-17/h6-7,10-13,16,18-19H,4-5,8-9H2,1-3H3,(H,29,32)(H,30,35)(H,33,34)/t16?,18-,19-/m0/s1. The quantitative estimate of drug-likeness (QED) is 0.405. The summed E-state index contributed by atoms with van der Waals surface area (Å²) in [7, 11) is 0. The van der Waals surface area contributed by atoms with Crippen molar-refractivity contribution in [1.29, 1.82) is 0 Å². The summed E-state index contributed by atoms with van der Waals surface area (Å²) >= 11 is 0. The smallest absolute Gasteiger partial charge is 0.412 e. The molecule has 0 bridgehead atoms. The second kappa shape index (κ2) is 11.2. The van der Waals surface area contributed by atoms with Crippen molar-refractivity contribution in [3.05, 3.63) is 53.6 Å². The van der Waals surface area contributed by atoms with E-state index in [9.17, 15) is 19.5 Å². The average molecular weight is 508 g/mol. The van der Waals surface area contributed by atoms with Crippen molar-refractivity contribution in [2.75, 3.05) is 10.6 Å². The molecule has 1 aliphatic rings. The SMILES string of the molecule is Cc1nc(-c2onc(C)c2NC(=O)OC(C)c2cccnc2)ccc1NC(=O)[C@H]1CCCC[C@@H]1C(=O)O. The number of carbonyl (C=O) groups excluding carboxylic acids is 2. The van der Waals surface area contributed by atoms with E-state index in [4.69, 9.17) is 9.26 Å². The van der Waals surface area contributed by atoms with E-state index in [1.807, 2.05) is 6.07 Å². The summed E-state index contributed by atoms with van der Waals surface area (Å²) < 4.78 is 10.9. The van der Waals surface area contributed by atoms with Crippen LogP contribution in [0.1, 0.15) is 55.7 Å². The first kappa shape index (κ1) is 25.8. The molecular formula is C26H29N5O6. The van der Waals surface area contributed by atoms with Crippen LogP contribution in [0.25, 0.3) is 11.5 Å². The number of hydrogen-bond acceptors (Lipinski definition) is 8. The van der Waals surface area contributed by atoms with Crippen LogP contribution in [-0.4, -0.2) is 38.2 Å². The second-order valence-electron chi connectivity index (χ2n) is 9.09. The van der Waals surface area contributed by atoms with Gasteiger partial charge in [-0.2, -0.15) is 0 Å². The molecule has 11 heteroatoms. The predicted molar refractivity (Wildman–Crippen MR) is 134 cm³/mol. The van der Waals surface area contributed by atoms with Crippen LogP contribution in [0, 0.1) is 25.7 Å². The summed E-state index contributed by atoms with van der Waals surface area (Å²) in [6, 6.07) is 6.87. The summed E-state index contributed by atoms with van der Waals surface area (Å²) in [4.78, 5) is 45.6. The van der Waals surface area contributed by atoms with Gasteiger partial charge in [0.15, 0.2) is 0 Å². The number of carbonyl (C=O) groups is 3. The molecule has 1 fully saturated rings. The zero-order valence-corrected chi connectivity index (χ0v) is 20.9. The van der Waals surface area contributed by atoms with Crippen LogP contribution in [0.2, 0.25) is 0 Å². The van der Waals surface area contributed by atoms with Gasteiger partial charge in [0.25, 0.3) is 0 Å². The molecule has 3 atom stereocenters. The summed E-state index contributed by atoms with van der Waals surface area (Å²) in [6.45, 7) is 5.13. The van der Waals surface area contributed by atoms with Gasteiger partial charge in [0.1, 0.15) is 23.2 Å². The van der Waals surface area contributed by atoms with E-state index in [0.717, 1.165) is 18.4 Å². The number of nitrogens with zero attached hydrogens (tertiary/aromatic N) is 3. The normalized spacial score (nSPS) is 18.0. The number of rotatable bonds is 7. The zero-order valence-electron chi connectivity index (χ0n) is 20.9. The van der Waals surface area contributed by atoms with Gasteiger partial charge in [0, 0.05) is 18.0 Å². The molecule has 0 aliphatic heterocycles. The molecule has 1 saturated carbocycles. The minimum atomic E-state index is -0.945. The van der Waals surface area contributed by atoms with Gasteiger partial charge in [-0.3, -0.25) is 19.9 Å². The first-order valence-electron chi connectivity index (χ1n) is 12.1. The van der Waals surface area contributed by atoms with Crippen LogP contribution >= 0.6 is 0 Å². The molecule has 1 unspecified atom stereocenters. The highest BCUT2D eigenvalue weighted by atomic mass is 16.6. The van der Waals surface area contributed by atoms with Crippen molar-refractivity contribution < 1.29 is 28.8 Å². The highest BCUT2D eigenvalue weighted by Gasteiger charge is 2.36. The number of nitrogens with one attached hydrogen (secondary N) is 2. The summed E-state index contributed by atoms with van der Waals surface area (Å²) in [5, 5.41) is 18.9. The Kier molecular flexibility index (Phi) is 7.80. The van der Waals surface area contributed by atoms with Crippen LogP contribution in [-0.2, 0) is 14.3 Å². The van der Waals surface area contributed by atoms with Crippen molar-refractivity contribution in [2.24, 2.45) is 11.8 Å². The van der Waals surface area contributed by atoms with E-state index in [-0.39, 0.29) is 11.7 Å². The number of hydrogen-bond donors (Lipinski definition) is 3. The molecule has 1 aliphatic carbocycles. The Labute approximate surface area is 213 Å². The van der Waals surface area contributed by atoms with Crippen LogP contribution in [0.15, 0.2) is 41.2 Å². The van der Waals surface area contributed by atoms with E-state index in [1.54, 1.807) is 51.4 Å². The summed E-state index contributed by atoms with van der Waals surface area (Å²) in [5.74, 6) is -2.30. The van der Waals surface area contributed by atoms with Crippen molar-refractivity contribution in [3.63, 3.8) is 0 Å². The van der Waals surface area contributed by atoms with Gasteiger partial charge >= 0.3 is 12.1 Å². The van der Waals surface area contributed by atoms with Gasteiger partial charge < -0.3 is 19.7 Å². The molecule has 37 heavy (non-hydrogen) atoms. The first-order valence-corrected chi connectivity index (χ1v) is 12.1. The number of carboxylic acid groups (broad SMARTS) is 1. The Morgan fingerprint density at radius 2 is 1.84 bits per heavy atom. The maximum Gasteiger partial charge on any atom is 0.412 e. The Morgan fingerprint density at radius 1 is 1.08 bits per heavy atom. The monoisotopic (exact) mass is 507 g/mol. The molecule has 0 radical (unpaired) electrons. The lowest BCUT2D eigenvalue weighted by Gasteiger charge is -2.27. The van der Waals surface area contributed by atoms with Crippen LogP contribution in [0.5, 0.6) is 0 Å². The molecule has 0 spiro atoms. The number of carboxylic acids is 1. The third-order valence-electron chi connectivity index (χ3n) is 6.52. The van der Waals surface area contributed by atoms with Crippen molar-refractivity contribution in [3.8, 4) is 11.5 Å². The maximum absolute atomic E-state index is 12.9. The fourth-order valence-corrected chi connectivity index (χ4v) is 4.45. The zero-order chi connectivity index (χ0) is 26.5. The average Bonchev–Trinajstić information content (AvgIpc) is 3.25. The first-order chi connectivity index (χ1) is 17.7. The number of amides is 2. The molecule has 0 saturated heterocycles. The fourth-order valence-electron chi connectivity index (χ4n) is 4.45. The second-order valence-corrected chi connectivity index (χ2v) is 9.09. The topological polar surface area (TPSA) is 157 Å². The minimum Gasteiger partial charge on any atom is -0.481 e. The largest absolute Gasteiger partial charge is 0.481 e. The number of ether oxygens (including phenoxy) is 1. The van der Waals surface area contributed by atoms with E-state index in [2.05, 4.69) is 25.8 Å². The highest BCUT2D eigenvalue weighted by molar-refractivity contribution is 5.96. The number of aryl methyl sites for hydroxylation is 2. The van der Waals surface area contributed by atoms with Crippen molar-refractivity contribution in [1.82, 2.24) is 15.1 Å². The molecule has 3 N–H and O–H groups in total. The number of anilines is 2. The van der Waals surface area contributed by atoms with Crippen LogP contribution < -0.4 is 10.6 Å². The Morgan fingerprint density at radius 3 is 2.51 bits per heavy atom. The fraction of sp³-hybridized carbons (Fsp3) is 0.385. The van der Waals surface area contributed by atoms with Gasteiger partial charge in [-0.15, -0.1) is 0 Å². The number of aliphatic carboxylic acids is 1. The van der Waals surface area contributed by atoms with Gasteiger partial charge in [0.2, 0.25) is 11.7 Å². The molecule has 4 rings (SSSR count). The summed E-state index contributed by atoms with van der Waals surface area (Å²) in [5.41, 5.74) is 2.87. The lowest BCUT2D eigenvalue weighted by molar-refractivity contribution is -0.147. The van der Waals surface area contributed by atoms with E-state index in [1.165, 1.54) is 0 Å². The van der Waals surface area contributed by atoms with E-state index >= 15 is 0 Å². The molecular weight excluding hydrogens is 478 g/mol. The molecule has 0 aromatic carbocycles. The van der Waals surface area contributed by atoms with Crippen LogP contribution in [0.4, 0.5) is 16.2 Å². The van der Waals surface area contributed by atoms with Gasteiger partial charge in [-0.25, -0.2) is 9.78 Å². The summed E-state index contributed by atoms with van der Waals surface area (Å²) in [6.07, 6.45) is 4.70. The lowest BCUT2D eigenvalue weighted by atomic mass is 9.78. The van der Waals surface area contributed by atoms with Crippen molar-refractivity contribution in [2.45, 2.75) is 52.6 Å². The predicted octanol–water partition coefficient (Wildman–Crippen LogP) is 4.89. The number of pyridine rings is 2. The van der Waals surface area contributed by atoms with Gasteiger partial charge in [0.05, 0.1) is 23.2 Å². The highest BCUT2D eigenvalue weighted by Crippen LogP contribution is 2.33. The Bertz CT molecular complexity index is 1290. The molecule has 194 valence electrons. The molecule has 3 heterocycles. The molecule has 11 nitrogen and oxygen atoms in total. The minimum absolute atomic E-state index is 0.239. The van der Waals surface area contributed by atoms with E-state index < -0.39 is 30.0 Å². The van der Waals surface area contributed by atoms with Gasteiger partial charge in [-0.1, -0.05) is 24.1 Å². The Balaban J connectivity index is 1.47. The van der Waals surface area contributed by atoms with Crippen molar-refractivity contribution >= 4 is 29.3 Å². The van der Waals surface area contributed by atoms with Gasteiger partial charge in [-0.05, 0) is 51.8 Å². The Hall–Kier alpha value is -4.28. The number of aromatic nitrogens is 3. The maximum atomic E-state index is 12.9. The lowest BCUT2D eigenvalue weighted by Crippen LogP contribution is -2.36. The molecule has 3 aromatic rings.